The molecule has 0 spiro atoms. The van der Waals surface area contributed by atoms with Crippen molar-refractivity contribution in [2.24, 2.45) is 0 Å². The van der Waals surface area contributed by atoms with Crippen LogP contribution in [0, 0.1) is 0 Å². The zero-order valence-electron chi connectivity index (χ0n) is 14.9. The molecule has 0 unspecified atom stereocenters. The van der Waals surface area contributed by atoms with E-state index >= 15 is 0 Å². The summed E-state index contributed by atoms with van der Waals surface area (Å²) in [7, 11) is 0. The van der Waals surface area contributed by atoms with E-state index in [1.165, 1.54) is 19.6 Å². The van der Waals surface area contributed by atoms with Crippen LogP contribution in [0.25, 0.3) is 0 Å². The molecule has 0 saturated heterocycles. The predicted molar refractivity (Wildman–Crippen MR) is 121 cm³/mol. The van der Waals surface area contributed by atoms with Gasteiger partial charge in [-0.1, -0.05) is 71.5 Å². The first-order chi connectivity index (χ1) is 13.8. The first kappa shape index (κ1) is 17.7. The average Bonchev–Trinajstić information content (AvgIpc) is 2.74. The van der Waals surface area contributed by atoms with Gasteiger partial charge in [-0.15, -0.1) is 0 Å². The Bertz CT molecular complexity index is 1090. The Kier molecular flexibility index (Phi) is 4.81. The van der Waals surface area contributed by atoms with E-state index in [2.05, 4.69) is 83.8 Å². The van der Waals surface area contributed by atoms with Crippen LogP contribution in [0.15, 0.2) is 117 Å². The van der Waals surface area contributed by atoms with Crippen LogP contribution in [0.3, 0.4) is 0 Å². The van der Waals surface area contributed by atoms with Crippen LogP contribution >= 0.6 is 35.1 Å². The second-order valence-corrected chi connectivity index (χ2v) is 9.04. The Balaban J connectivity index is 1.59. The van der Waals surface area contributed by atoms with Crippen LogP contribution in [0.1, 0.15) is 0 Å². The Morgan fingerprint density at radius 3 is 1.68 bits per heavy atom. The van der Waals surface area contributed by atoms with Crippen molar-refractivity contribution < 1.29 is 0 Å². The van der Waals surface area contributed by atoms with Crippen molar-refractivity contribution in [3.8, 4) is 0 Å². The van der Waals surface area contributed by atoms with Crippen LogP contribution in [-0.4, -0.2) is 0 Å². The van der Waals surface area contributed by atoms with E-state index in [1.54, 1.807) is 23.5 Å². The number of hydrogen-bond donors (Lipinski definition) is 0. The lowest BCUT2D eigenvalue weighted by molar-refractivity contribution is 1.14. The summed E-state index contributed by atoms with van der Waals surface area (Å²) in [6.07, 6.45) is 0. The fraction of sp³-hybridized carbons (Fsp3) is 0. The predicted octanol–water partition coefficient (Wildman–Crippen LogP) is 8.43. The molecule has 5 rings (SSSR count). The van der Waals surface area contributed by atoms with Gasteiger partial charge < -0.3 is 4.90 Å². The molecule has 0 N–H and O–H groups in total. The van der Waals surface area contributed by atoms with Gasteiger partial charge in [-0.3, -0.25) is 0 Å². The minimum absolute atomic E-state index is 0.779. The van der Waals surface area contributed by atoms with Crippen LogP contribution in [-0.2, 0) is 0 Å². The molecule has 1 nitrogen and oxygen atoms in total. The van der Waals surface area contributed by atoms with Crippen LogP contribution in [0.4, 0.5) is 17.1 Å². The van der Waals surface area contributed by atoms with Crippen molar-refractivity contribution in [1.82, 2.24) is 0 Å². The molecule has 0 bridgehead atoms. The number of rotatable bonds is 3. The van der Waals surface area contributed by atoms with E-state index in [-0.39, 0.29) is 0 Å². The van der Waals surface area contributed by atoms with E-state index in [0.717, 1.165) is 22.1 Å². The highest BCUT2D eigenvalue weighted by molar-refractivity contribution is 8.05. The first-order valence-electron chi connectivity index (χ1n) is 8.97. The fourth-order valence-electron chi connectivity index (χ4n) is 3.28. The molecular formula is C24H16ClNS2. The van der Waals surface area contributed by atoms with Gasteiger partial charge in [-0.25, -0.2) is 0 Å². The van der Waals surface area contributed by atoms with Gasteiger partial charge in [0.15, 0.2) is 0 Å². The summed E-state index contributed by atoms with van der Waals surface area (Å²) in [5.74, 6) is 0. The second-order valence-electron chi connectivity index (χ2n) is 6.43. The zero-order chi connectivity index (χ0) is 18.9. The lowest BCUT2D eigenvalue weighted by atomic mass is 10.2. The molecule has 0 saturated carbocycles. The van der Waals surface area contributed by atoms with Gasteiger partial charge >= 0.3 is 0 Å². The van der Waals surface area contributed by atoms with Gasteiger partial charge in [-0.05, 0) is 60.7 Å². The number of nitrogens with zero attached hydrogens (tertiary/aromatic N) is 1. The van der Waals surface area contributed by atoms with E-state index in [9.17, 15) is 0 Å². The number of benzene rings is 4. The van der Waals surface area contributed by atoms with Gasteiger partial charge in [0.05, 0.1) is 0 Å². The maximum Gasteiger partial charge on any atom is 0.0473 e. The maximum atomic E-state index is 6.21. The van der Waals surface area contributed by atoms with Crippen LogP contribution < -0.4 is 4.90 Å². The highest BCUT2D eigenvalue weighted by Crippen LogP contribution is 2.50. The molecule has 28 heavy (non-hydrogen) atoms. The zero-order valence-corrected chi connectivity index (χ0v) is 17.3. The molecule has 0 amide bonds. The smallest absolute Gasteiger partial charge is 0.0473 e. The standard InChI is InChI=1S/C24H16ClNS2/c25-17-11-13-21-23(15-17)28-24-16-20(12-14-22(24)27-21)26(18-7-3-1-4-8-18)19-9-5-2-6-10-19/h1-16H. The molecule has 4 aromatic carbocycles. The Morgan fingerprint density at radius 1 is 0.500 bits per heavy atom. The molecule has 1 aliphatic heterocycles. The van der Waals surface area contributed by atoms with Gasteiger partial charge in [0, 0.05) is 41.7 Å². The van der Waals surface area contributed by atoms with Crippen molar-refractivity contribution in [2.75, 3.05) is 4.90 Å². The van der Waals surface area contributed by atoms with Gasteiger partial charge in [0.1, 0.15) is 0 Å². The average molecular weight is 418 g/mol. The SMILES string of the molecule is Clc1ccc2c(c1)Sc1cc(N(c3ccccc3)c3ccccc3)ccc1S2. The normalized spacial score (nSPS) is 12.2. The Morgan fingerprint density at radius 2 is 1.04 bits per heavy atom. The van der Waals surface area contributed by atoms with Crippen molar-refractivity contribution in [1.29, 1.82) is 0 Å². The van der Waals surface area contributed by atoms with Gasteiger partial charge in [-0.2, -0.15) is 0 Å². The van der Waals surface area contributed by atoms with Crippen molar-refractivity contribution in [2.45, 2.75) is 19.6 Å². The summed E-state index contributed by atoms with van der Waals surface area (Å²) in [4.78, 5) is 7.31. The molecule has 4 aromatic rings. The monoisotopic (exact) mass is 417 g/mol. The third-order valence-corrected chi connectivity index (χ3v) is 7.32. The molecule has 0 aliphatic carbocycles. The van der Waals surface area contributed by atoms with E-state index in [1.807, 2.05) is 18.2 Å². The molecule has 0 atom stereocenters. The fourth-order valence-corrected chi connectivity index (χ4v) is 5.79. The van der Waals surface area contributed by atoms with E-state index < -0.39 is 0 Å². The highest BCUT2D eigenvalue weighted by Gasteiger charge is 2.20. The lowest BCUT2D eigenvalue weighted by Gasteiger charge is -2.27. The molecule has 1 heterocycles. The number of fused-ring (bicyclic) bond motifs is 2. The van der Waals surface area contributed by atoms with Crippen molar-refractivity contribution in [3.05, 3.63) is 102 Å². The number of para-hydroxylation sites is 2. The minimum Gasteiger partial charge on any atom is -0.310 e. The summed E-state index contributed by atoms with van der Waals surface area (Å²) in [6.45, 7) is 0. The van der Waals surface area contributed by atoms with Gasteiger partial charge in [0.25, 0.3) is 0 Å². The summed E-state index contributed by atoms with van der Waals surface area (Å²) in [5, 5.41) is 0.779. The topological polar surface area (TPSA) is 3.24 Å². The molecule has 0 aromatic heterocycles. The molecule has 136 valence electrons. The van der Waals surface area contributed by atoms with Gasteiger partial charge in [0.2, 0.25) is 0 Å². The molecular weight excluding hydrogens is 402 g/mol. The number of anilines is 3. The summed E-state index contributed by atoms with van der Waals surface area (Å²) in [5.41, 5.74) is 3.44. The summed E-state index contributed by atoms with van der Waals surface area (Å²) in [6, 6.07) is 33.8. The number of halogens is 1. The Hall–Kier alpha value is -2.33. The van der Waals surface area contributed by atoms with E-state index in [0.29, 0.717) is 0 Å². The van der Waals surface area contributed by atoms with Crippen LogP contribution in [0.5, 0.6) is 0 Å². The largest absolute Gasteiger partial charge is 0.310 e. The third kappa shape index (κ3) is 3.42. The second kappa shape index (κ2) is 7.59. The minimum atomic E-state index is 0.779. The van der Waals surface area contributed by atoms with E-state index in [4.69, 9.17) is 11.6 Å². The molecule has 0 fully saturated rings. The first-order valence-corrected chi connectivity index (χ1v) is 11.0. The summed E-state index contributed by atoms with van der Waals surface area (Å²) < 4.78 is 0. The van der Waals surface area contributed by atoms with Crippen LogP contribution in [0.2, 0.25) is 5.02 Å². The highest BCUT2D eigenvalue weighted by atomic mass is 35.5. The summed E-state index contributed by atoms with van der Waals surface area (Å²) >= 11 is 9.81. The Labute approximate surface area is 178 Å². The molecule has 0 radical (unpaired) electrons. The quantitative estimate of drug-likeness (QED) is 0.290. The van der Waals surface area contributed by atoms with Crippen molar-refractivity contribution >= 4 is 52.2 Å². The molecule has 4 heteroatoms. The third-order valence-electron chi connectivity index (χ3n) is 4.56. The number of hydrogen-bond acceptors (Lipinski definition) is 3. The molecule has 1 aliphatic rings. The van der Waals surface area contributed by atoms with Crippen molar-refractivity contribution in [3.63, 3.8) is 0 Å². The maximum absolute atomic E-state index is 6.21. The lowest BCUT2D eigenvalue weighted by Crippen LogP contribution is -2.10.